The van der Waals surface area contributed by atoms with Gasteiger partial charge in [-0.1, -0.05) is 25.1 Å². The minimum Gasteiger partial charge on any atom is -0.493 e. The van der Waals surface area contributed by atoms with E-state index in [2.05, 4.69) is 23.0 Å². The monoisotopic (exact) mass is 333 g/mol. The van der Waals surface area contributed by atoms with Gasteiger partial charge in [-0.3, -0.25) is 0 Å². The number of aromatic nitrogens is 2. The molecule has 0 atom stereocenters. The lowest BCUT2D eigenvalue weighted by Gasteiger charge is -2.10. The number of nitriles is 1. The van der Waals surface area contributed by atoms with Crippen molar-refractivity contribution in [3.8, 4) is 17.6 Å². The highest BCUT2D eigenvalue weighted by atomic mass is 16.5. The topological polar surface area (TPSA) is 70.9 Å². The zero-order valence-corrected chi connectivity index (χ0v) is 14.2. The summed E-state index contributed by atoms with van der Waals surface area (Å²) in [4.78, 5) is 7.66. The molecule has 0 aliphatic carbocycles. The Bertz CT molecular complexity index is 918. The third kappa shape index (κ3) is 3.64. The van der Waals surface area contributed by atoms with Crippen molar-refractivity contribution in [3.63, 3.8) is 0 Å². The van der Waals surface area contributed by atoms with Crippen LogP contribution in [0.2, 0.25) is 0 Å². The molecule has 1 aromatic heterocycles. The number of hydrogen-bond acceptors (Lipinski definition) is 4. The van der Waals surface area contributed by atoms with Crippen LogP contribution in [0.1, 0.15) is 24.7 Å². The first kappa shape index (κ1) is 16.6. The van der Waals surface area contributed by atoms with E-state index >= 15 is 0 Å². The highest BCUT2D eigenvalue weighted by Crippen LogP contribution is 2.30. The second-order valence-electron chi connectivity index (χ2n) is 5.53. The first-order valence-electron chi connectivity index (χ1n) is 8.13. The summed E-state index contributed by atoms with van der Waals surface area (Å²) < 4.78 is 11.1. The third-order valence-corrected chi connectivity index (χ3v) is 3.73. The van der Waals surface area contributed by atoms with Crippen LogP contribution in [0.5, 0.6) is 11.5 Å². The fourth-order valence-electron chi connectivity index (χ4n) is 2.51. The molecule has 0 bridgehead atoms. The molecule has 0 spiro atoms. The molecule has 3 rings (SSSR count). The van der Waals surface area contributed by atoms with Crippen LogP contribution in [0.3, 0.4) is 0 Å². The van der Waals surface area contributed by atoms with Crippen molar-refractivity contribution in [2.24, 2.45) is 0 Å². The molecule has 0 aliphatic heterocycles. The molecule has 5 nitrogen and oxygen atoms in total. The number of hydrogen-bond donors (Lipinski definition) is 1. The van der Waals surface area contributed by atoms with Crippen LogP contribution in [0.25, 0.3) is 22.7 Å². The predicted molar refractivity (Wildman–Crippen MR) is 98.4 cm³/mol. The highest BCUT2D eigenvalue weighted by Gasteiger charge is 2.09. The standard InChI is InChI=1S/C20H19N3O2/c1-3-10-25-18-9-8-14(12-19(18)24-2)11-15(13-21)20-22-16-6-4-5-7-17(16)23-20/h4-9,11-12H,3,10H2,1-2H3,(H,22,23). The summed E-state index contributed by atoms with van der Waals surface area (Å²) in [5, 5.41) is 9.53. The first-order chi connectivity index (χ1) is 12.2. The van der Waals surface area contributed by atoms with Crippen LogP contribution in [0.4, 0.5) is 0 Å². The summed E-state index contributed by atoms with van der Waals surface area (Å²) in [5.74, 6) is 1.89. The van der Waals surface area contributed by atoms with Crippen molar-refractivity contribution in [1.82, 2.24) is 9.97 Å². The van der Waals surface area contributed by atoms with Crippen molar-refractivity contribution in [3.05, 3.63) is 53.9 Å². The maximum absolute atomic E-state index is 9.53. The van der Waals surface area contributed by atoms with E-state index in [0.717, 1.165) is 23.0 Å². The van der Waals surface area contributed by atoms with Crippen molar-refractivity contribution in [1.29, 1.82) is 5.26 Å². The van der Waals surface area contributed by atoms with Crippen molar-refractivity contribution in [2.75, 3.05) is 13.7 Å². The van der Waals surface area contributed by atoms with Gasteiger partial charge in [0.15, 0.2) is 11.5 Å². The number of methoxy groups -OCH3 is 1. The Morgan fingerprint density at radius 3 is 2.80 bits per heavy atom. The molecule has 0 unspecified atom stereocenters. The molecule has 0 saturated carbocycles. The van der Waals surface area contributed by atoms with Gasteiger partial charge in [-0.05, 0) is 42.3 Å². The molecule has 126 valence electrons. The lowest BCUT2D eigenvalue weighted by Crippen LogP contribution is -1.98. The SMILES string of the molecule is CCCOc1ccc(C=C(C#N)c2nc3ccccc3[nH]2)cc1OC. The first-order valence-corrected chi connectivity index (χ1v) is 8.13. The number of allylic oxidation sites excluding steroid dienone is 1. The zero-order valence-electron chi connectivity index (χ0n) is 14.2. The summed E-state index contributed by atoms with van der Waals surface area (Å²) in [7, 11) is 1.60. The summed E-state index contributed by atoms with van der Waals surface area (Å²) in [5.41, 5.74) is 3.04. The molecule has 25 heavy (non-hydrogen) atoms. The van der Waals surface area contributed by atoms with E-state index < -0.39 is 0 Å². The van der Waals surface area contributed by atoms with E-state index in [9.17, 15) is 5.26 Å². The van der Waals surface area contributed by atoms with Gasteiger partial charge in [0.25, 0.3) is 0 Å². The zero-order chi connectivity index (χ0) is 17.6. The second kappa shape index (κ2) is 7.54. The van der Waals surface area contributed by atoms with E-state index in [-0.39, 0.29) is 0 Å². The van der Waals surface area contributed by atoms with Crippen LogP contribution < -0.4 is 9.47 Å². The molecule has 2 aromatic carbocycles. The predicted octanol–water partition coefficient (Wildman–Crippen LogP) is 4.42. The maximum atomic E-state index is 9.53. The number of aromatic amines is 1. The lowest BCUT2D eigenvalue weighted by molar-refractivity contribution is 0.294. The van der Waals surface area contributed by atoms with Crippen molar-refractivity contribution < 1.29 is 9.47 Å². The molecular formula is C20H19N3O2. The fraction of sp³-hybridized carbons (Fsp3) is 0.200. The number of nitrogens with zero attached hydrogens (tertiary/aromatic N) is 2. The number of H-pyrrole nitrogens is 1. The van der Waals surface area contributed by atoms with E-state index in [0.29, 0.717) is 29.5 Å². The molecule has 0 aliphatic rings. The quantitative estimate of drug-likeness (QED) is 0.678. The smallest absolute Gasteiger partial charge is 0.161 e. The Hall–Kier alpha value is -3.26. The van der Waals surface area contributed by atoms with E-state index in [1.165, 1.54) is 0 Å². The van der Waals surface area contributed by atoms with Gasteiger partial charge in [-0.2, -0.15) is 5.26 Å². The number of imidazole rings is 1. The Morgan fingerprint density at radius 1 is 1.24 bits per heavy atom. The van der Waals surface area contributed by atoms with E-state index in [1.807, 2.05) is 42.5 Å². The molecule has 0 saturated heterocycles. The third-order valence-electron chi connectivity index (χ3n) is 3.73. The van der Waals surface area contributed by atoms with Crippen LogP contribution in [0, 0.1) is 11.3 Å². The molecular weight excluding hydrogens is 314 g/mol. The van der Waals surface area contributed by atoms with Gasteiger partial charge in [0, 0.05) is 0 Å². The lowest BCUT2D eigenvalue weighted by atomic mass is 10.1. The molecule has 3 aromatic rings. The molecule has 1 heterocycles. The maximum Gasteiger partial charge on any atom is 0.161 e. The average molecular weight is 333 g/mol. The Kier molecular flexibility index (Phi) is 5.00. The van der Waals surface area contributed by atoms with Crippen molar-refractivity contribution in [2.45, 2.75) is 13.3 Å². The van der Waals surface area contributed by atoms with Crippen LogP contribution in [-0.2, 0) is 0 Å². The number of ether oxygens (including phenoxy) is 2. The number of nitrogens with one attached hydrogen (secondary N) is 1. The average Bonchev–Trinajstić information content (AvgIpc) is 3.08. The number of para-hydroxylation sites is 2. The molecule has 1 N–H and O–H groups in total. The number of rotatable bonds is 6. The van der Waals surface area contributed by atoms with Crippen LogP contribution >= 0.6 is 0 Å². The Morgan fingerprint density at radius 2 is 2.08 bits per heavy atom. The van der Waals surface area contributed by atoms with Gasteiger partial charge in [-0.25, -0.2) is 4.98 Å². The largest absolute Gasteiger partial charge is 0.493 e. The minimum atomic E-state index is 0.459. The van der Waals surface area contributed by atoms with Crippen molar-refractivity contribution >= 4 is 22.7 Å². The number of benzene rings is 2. The summed E-state index contributed by atoms with van der Waals surface area (Å²) in [6.07, 6.45) is 2.71. The van der Waals surface area contributed by atoms with Gasteiger partial charge in [-0.15, -0.1) is 0 Å². The van der Waals surface area contributed by atoms with Gasteiger partial charge >= 0.3 is 0 Å². The van der Waals surface area contributed by atoms with Gasteiger partial charge < -0.3 is 14.5 Å². The van der Waals surface area contributed by atoms with Crippen LogP contribution in [-0.4, -0.2) is 23.7 Å². The molecule has 0 radical (unpaired) electrons. The van der Waals surface area contributed by atoms with Gasteiger partial charge in [0.2, 0.25) is 0 Å². The Balaban J connectivity index is 1.95. The molecule has 0 fully saturated rings. The summed E-state index contributed by atoms with van der Waals surface area (Å²) in [6.45, 7) is 2.68. The summed E-state index contributed by atoms with van der Waals surface area (Å²) >= 11 is 0. The highest BCUT2D eigenvalue weighted by molar-refractivity contribution is 5.90. The van der Waals surface area contributed by atoms with E-state index in [4.69, 9.17) is 9.47 Å². The second-order valence-corrected chi connectivity index (χ2v) is 5.53. The number of fused-ring (bicyclic) bond motifs is 1. The molecule has 5 heteroatoms. The fourth-order valence-corrected chi connectivity index (χ4v) is 2.51. The molecule has 0 amide bonds. The van der Waals surface area contributed by atoms with Gasteiger partial charge in [0.05, 0.1) is 30.3 Å². The summed E-state index contributed by atoms with van der Waals surface area (Å²) in [6, 6.07) is 15.5. The van der Waals surface area contributed by atoms with Crippen LogP contribution in [0.15, 0.2) is 42.5 Å². The normalized spacial score (nSPS) is 11.3. The van der Waals surface area contributed by atoms with Gasteiger partial charge in [0.1, 0.15) is 11.9 Å². The Labute approximate surface area is 146 Å². The van der Waals surface area contributed by atoms with E-state index in [1.54, 1.807) is 13.2 Å². The minimum absolute atomic E-state index is 0.459.